The van der Waals surface area contributed by atoms with Crippen molar-refractivity contribution in [1.82, 2.24) is 10.3 Å². The van der Waals surface area contributed by atoms with E-state index in [1.165, 1.54) is 0 Å². The van der Waals surface area contributed by atoms with E-state index in [-0.39, 0.29) is 18.4 Å². The lowest BCUT2D eigenvalue weighted by Crippen LogP contribution is -2.39. The van der Waals surface area contributed by atoms with Crippen LogP contribution in [0.1, 0.15) is 36.5 Å². The van der Waals surface area contributed by atoms with Crippen molar-refractivity contribution >= 4 is 11.7 Å². The molecule has 1 amide bonds. The number of amides is 1. The van der Waals surface area contributed by atoms with Gasteiger partial charge in [0.1, 0.15) is 5.82 Å². The molecule has 5 nitrogen and oxygen atoms in total. The minimum Gasteiger partial charge on any atom is -0.396 e. The molecule has 1 aromatic heterocycles. The maximum absolute atomic E-state index is 12.2. The highest BCUT2D eigenvalue weighted by molar-refractivity contribution is 5.98. The standard InChI is InChI=1S/C15H23N3O2/c1-2-7-17-15(20)13-6-3-8-16-14(13)18-9-4-5-12(10-18)11-19/h3,6,8,12,19H,2,4-5,7,9-11H2,1H3,(H,17,20)/t12-/m0/s1. The zero-order valence-electron chi connectivity index (χ0n) is 12.0. The van der Waals surface area contributed by atoms with Gasteiger partial charge in [0, 0.05) is 32.4 Å². The molecule has 0 bridgehead atoms. The van der Waals surface area contributed by atoms with Gasteiger partial charge in [0.15, 0.2) is 0 Å². The molecule has 0 saturated carbocycles. The van der Waals surface area contributed by atoms with Gasteiger partial charge in [-0.1, -0.05) is 6.92 Å². The van der Waals surface area contributed by atoms with Crippen LogP contribution in [0.3, 0.4) is 0 Å². The van der Waals surface area contributed by atoms with E-state index in [4.69, 9.17) is 0 Å². The van der Waals surface area contributed by atoms with Gasteiger partial charge in [-0.25, -0.2) is 4.98 Å². The molecular weight excluding hydrogens is 254 g/mol. The predicted molar refractivity (Wildman–Crippen MR) is 78.9 cm³/mol. The normalized spacial score (nSPS) is 18.9. The summed E-state index contributed by atoms with van der Waals surface area (Å²) >= 11 is 0. The monoisotopic (exact) mass is 277 g/mol. The van der Waals surface area contributed by atoms with Crippen LogP contribution in [0.15, 0.2) is 18.3 Å². The molecule has 1 aromatic rings. The number of aliphatic hydroxyl groups excluding tert-OH is 1. The van der Waals surface area contributed by atoms with Crippen LogP contribution < -0.4 is 10.2 Å². The van der Waals surface area contributed by atoms with Gasteiger partial charge in [-0.05, 0) is 37.3 Å². The lowest BCUT2D eigenvalue weighted by Gasteiger charge is -2.33. The van der Waals surface area contributed by atoms with E-state index < -0.39 is 0 Å². The van der Waals surface area contributed by atoms with E-state index >= 15 is 0 Å². The first-order valence-corrected chi connectivity index (χ1v) is 7.35. The summed E-state index contributed by atoms with van der Waals surface area (Å²) in [5.41, 5.74) is 0.625. The van der Waals surface area contributed by atoms with Gasteiger partial charge < -0.3 is 15.3 Å². The fourth-order valence-corrected chi connectivity index (χ4v) is 2.57. The molecule has 1 fully saturated rings. The summed E-state index contributed by atoms with van der Waals surface area (Å²) in [6.45, 7) is 4.55. The zero-order valence-corrected chi connectivity index (χ0v) is 12.0. The van der Waals surface area contributed by atoms with Crippen LogP contribution in [0.2, 0.25) is 0 Å². The Kier molecular flexibility index (Phi) is 5.35. The Morgan fingerprint density at radius 3 is 3.20 bits per heavy atom. The number of nitrogens with zero attached hydrogens (tertiary/aromatic N) is 2. The SMILES string of the molecule is CCCNC(=O)c1cccnc1N1CCC[C@H](CO)C1. The zero-order chi connectivity index (χ0) is 14.4. The molecule has 20 heavy (non-hydrogen) atoms. The third-order valence-corrected chi connectivity index (χ3v) is 3.64. The number of carbonyl (C=O) groups excluding carboxylic acids is 1. The smallest absolute Gasteiger partial charge is 0.255 e. The molecule has 0 spiro atoms. The van der Waals surface area contributed by atoms with Crippen molar-refractivity contribution in [2.75, 3.05) is 31.1 Å². The average molecular weight is 277 g/mol. The second-order valence-electron chi connectivity index (χ2n) is 5.27. The van der Waals surface area contributed by atoms with Crippen molar-refractivity contribution in [3.8, 4) is 0 Å². The Hall–Kier alpha value is -1.62. The number of aliphatic hydroxyl groups is 1. The Morgan fingerprint density at radius 1 is 1.60 bits per heavy atom. The summed E-state index contributed by atoms with van der Waals surface area (Å²) in [6.07, 6.45) is 4.70. The summed E-state index contributed by atoms with van der Waals surface area (Å²) < 4.78 is 0. The van der Waals surface area contributed by atoms with Crippen molar-refractivity contribution in [1.29, 1.82) is 0 Å². The molecule has 5 heteroatoms. The Labute approximate surface area is 120 Å². The van der Waals surface area contributed by atoms with Crippen molar-refractivity contribution in [3.05, 3.63) is 23.9 Å². The van der Waals surface area contributed by atoms with Crippen LogP contribution in [-0.2, 0) is 0 Å². The fourth-order valence-electron chi connectivity index (χ4n) is 2.57. The number of piperidine rings is 1. The molecule has 1 aliphatic heterocycles. The highest BCUT2D eigenvalue weighted by atomic mass is 16.3. The maximum Gasteiger partial charge on any atom is 0.255 e. The molecule has 0 unspecified atom stereocenters. The molecule has 2 N–H and O–H groups in total. The van der Waals surface area contributed by atoms with Crippen molar-refractivity contribution in [3.63, 3.8) is 0 Å². The van der Waals surface area contributed by atoms with E-state index in [0.29, 0.717) is 12.1 Å². The lowest BCUT2D eigenvalue weighted by atomic mass is 9.98. The fraction of sp³-hybridized carbons (Fsp3) is 0.600. The summed E-state index contributed by atoms with van der Waals surface area (Å²) in [5, 5.41) is 12.2. The summed E-state index contributed by atoms with van der Waals surface area (Å²) in [5.74, 6) is 0.942. The van der Waals surface area contributed by atoms with Crippen LogP contribution in [0.4, 0.5) is 5.82 Å². The second-order valence-corrected chi connectivity index (χ2v) is 5.27. The van der Waals surface area contributed by atoms with E-state index in [0.717, 1.165) is 38.2 Å². The number of nitrogens with one attached hydrogen (secondary N) is 1. The maximum atomic E-state index is 12.2. The van der Waals surface area contributed by atoms with Crippen molar-refractivity contribution in [2.24, 2.45) is 5.92 Å². The van der Waals surface area contributed by atoms with Gasteiger partial charge >= 0.3 is 0 Å². The van der Waals surface area contributed by atoms with Crippen LogP contribution in [0, 0.1) is 5.92 Å². The number of carbonyl (C=O) groups is 1. The minimum atomic E-state index is -0.0685. The molecule has 1 saturated heterocycles. The minimum absolute atomic E-state index is 0.0685. The van der Waals surface area contributed by atoms with Gasteiger partial charge in [0.05, 0.1) is 5.56 Å². The number of hydrogen-bond acceptors (Lipinski definition) is 4. The van der Waals surface area contributed by atoms with Crippen molar-refractivity contribution < 1.29 is 9.90 Å². The predicted octanol–water partition coefficient (Wildman–Crippen LogP) is 1.43. The van der Waals surface area contributed by atoms with Gasteiger partial charge in [-0.2, -0.15) is 0 Å². The number of hydrogen-bond donors (Lipinski definition) is 2. The molecule has 1 aliphatic rings. The highest BCUT2D eigenvalue weighted by Gasteiger charge is 2.23. The first kappa shape index (κ1) is 14.8. The number of aromatic nitrogens is 1. The largest absolute Gasteiger partial charge is 0.396 e. The quantitative estimate of drug-likeness (QED) is 0.854. The molecule has 110 valence electrons. The molecule has 1 atom stereocenters. The number of anilines is 1. The summed E-state index contributed by atoms with van der Waals surface area (Å²) in [6, 6.07) is 3.60. The third kappa shape index (κ3) is 3.48. The lowest BCUT2D eigenvalue weighted by molar-refractivity contribution is 0.0953. The van der Waals surface area contributed by atoms with Gasteiger partial charge in [-0.3, -0.25) is 4.79 Å². The molecule has 2 heterocycles. The molecule has 0 radical (unpaired) electrons. The Bertz CT molecular complexity index is 450. The van der Waals surface area contributed by atoms with Gasteiger partial charge in [0.25, 0.3) is 5.91 Å². The van der Waals surface area contributed by atoms with E-state index in [9.17, 15) is 9.90 Å². The molecule has 0 aliphatic carbocycles. The Morgan fingerprint density at radius 2 is 2.45 bits per heavy atom. The van der Waals surface area contributed by atoms with E-state index in [1.807, 2.05) is 13.0 Å². The van der Waals surface area contributed by atoms with E-state index in [1.54, 1.807) is 12.3 Å². The topological polar surface area (TPSA) is 65.5 Å². The van der Waals surface area contributed by atoms with Crippen LogP contribution >= 0.6 is 0 Å². The van der Waals surface area contributed by atoms with Crippen LogP contribution in [0.5, 0.6) is 0 Å². The summed E-state index contributed by atoms with van der Waals surface area (Å²) in [7, 11) is 0. The van der Waals surface area contributed by atoms with Crippen LogP contribution in [0.25, 0.3) is 0 Å². The Balaban J connectivity index is 2.16. The number of pyridine rings is 1. The van der Waals surface area contributed by atoms with Gasteiger partial charge in [-0.15, -0.1) is 0 Å². The van der Waals surface area contributed by atoms with Crippen molar-refractivity contribution in [2.45, 2.75) is 26.2 Å². The molecular formula is C15H23N3O2. The average Bonchev–Trinajstić information content (AvgIpc) is 2.52. The third-order valence-electron chi connectivity index (χ3n) is 3.64. The van der Waals surface area contributed by atoms with E-state index in [2.05, 4.69) is 15.2 Å². The second kappa shape index (κ2) is 7.24. The molecule has 0 aromatic carbocycles. The van der Waals surface area contributed by atoms with Crippen LogP contribution in [-0.4, -0.2) is 42.2 Å². The summed E-state index contributed by atoms with van der Waals surface area (Å²) in [4.78, 5) is 18.7. The molecule has 2 rings (SSSR count). The number of rotatable bonds is 5. The van der Waals surface area contributed by atoms with Gasteiger partial charge in [0.2, 0.25) is 0 Å². The highest BCUT2D eigenvalue weighted by Crippen LogP contribution is 2.24. The first-order valence-electron chi connectivity index (χ1n) is 7.35. The first-order chi connectivity index (χ1) is 9.76.